The van der Waals surface area contributed by atoms with Gasteiger partial charge >= 0.3 is 0 Å². The summed E-state index contributed by atoms with van der Waals surface area (Å²) < 4.78 is 0. The van der Waals surface area contributed by atoms with Gasteiger partial charge in [0.1, 0.15) is 0 Å². The van der Waals surface area contributed by atoms with Crippen molar-refractivity contribution in [1.82, 2.24) is 15.5 Å². The van der Waals surface area contributed by atoms with Crippen LogP contribution in [0.5, 0.6) is 0 Å². The zero-order chi connectivity index (χ0) is 17.4. The Morgan fingerprint density at radius 1 is 0.957 bits per heavy atom. The molecule has 2 amide bonds. The molecule has 1 atom stereocenters. The van der Waals surface area contributed by atoms with Crippen molar-refractivity contribution in [3.63, 3.8) is 0 Å². The van der Waals surface area contributed by atoms with E-state index in [0.717, 1.165) is 5.56 Å². The molecule has 0 spiro atoms. The highest BCUT2D eigenvalue weighted by Crippen LogP contribution is 2.21. The standard InChI is InChI=1S/C18H29N3O2/c1-13(2)18(15-9-7-6-8-10-15)20-17(23)12-21(5)11-16(22)19-14(3)4/h6-10,13-14,18H,11-12H2,1-5H3,(H,19,22)(H,20,23). The Kier molecular flexibility index (Phi) is 7.75. The number of hydrogen-bond acceptors (Lipinski definition) is 3. The number of nitrogens with one attached hydrogen (secondary N) is 2. The lowest BCUT2D eigenvalue weighted by Gasteiger charge is -2.24. The van der Waals surface area contributed by atoms with Crippen molar-refractivity contribution >= 4 is 11.8 Å². The first-order valence-corrected chi connectivity index (χ1v) is 8.11. The smallest absolute Gasteiger partial charge is 0.234 e. The molecule has 0 aromatic heterocycles. The van der Waals surface area contributed by atoms with E-state index in [4.69, 9.17) is 0 Å². The highest BCUT2D eigenvalue weighted by molar-refractivity contribution is 5.81. The maximum absolute atomic E-state index is 12.3. The molecule has 0 aliphatic carbocycles. The van der Waals surface area contributed by atoms with Crippen LogP contribution in [0.15, 0.2) is 30.3 Å². The average molecular weight is 319 g/mol. The number of carbonyl (C=O) groups excluding carboxylic acids is 2. The van der Waals surface area contributed by atoms with Gasteiger partial charge in [-0.15, -0.1) is 0 Å². The van der Waals surface area contributed by atoms with Gasteiger partial charge in [-0.1, -0.05) is 44.2 Å². The molecule has 0 aliphatic heterocycles. The zero-order valence-corrected chi connectivity index (χ0v) is 14.8. The summed E-state index contributed by atoms with van der Waals surface area (Å²) in [6, 6.07) is 10.0. The second-order valence-electron chi connectivity index (χ2n) is 6.59. The fourth-order valence-corrected chi connectivity index (χ4v) is 2.43. The van der Waals surface area contributed by atoms with E-state index < -0.39 is 0 Å². The summed E-state index contributed by atoms with van der Waals surface area (Å²) >= 11 is 0. The molecular formula is C18H29N3O2. The number of nitrogens with zero attached hydrogens (tertiary/aromatic N) is 1. The minimum absolute atomic E-state index is 0.0263. The summed E-state index contributed by atoms with van der Waals surface area (Å²) in [6.07, 6.45) is 0. The Labute approximate surface area is 139 Å². The number of benzene rings is 1. The van der Waals surface area contributed by atoms with Crippen LogP contribution in [0.4, 0.5) is 0 Å². The lowest BCUT2D eigenvalue weighted by Crippen LogP contribution is -2.43. The Balaban J connectivity index is 2.55. The zero-order valence-electron chi connectivity index (χ0n) is 14.8. The van der Waals surface area contributed by atoms with Gasteiger partial charge in [0.05, 0.1) is 19.1 Å². The lowest BCUT2D eigenvalue weighted by molar-refractivity contribution is -0.125. The Morgan fingerprint density at radius 3 is 1.96 bits per heavy atom. The molecule has 0 heterocycles. The quantitative estimate of drug-likeness (QED) is 0.770. The van der Waals surface area contributed by atoms with Crippen molar-refractivity contribution in [3.8, 4) is 0 Å². The summed E-state index contributed by atoms with van der Waals surface area (Å²) in [4.78, 5) is 25.7. The van der Waals surface area contributed by atoms with Crippen LogP contribution in [0, 0.1) is 5.92 Å². The molecule has 1 rings (SSSR count). The Morgan fingerprint density at radius 2 is 1.48 bits per heavy atom. The average Bonchev–Trinajstić information content (AvgIpc) is 2.44. The molecular weight excluding hydrogens is 290 g/mol. The Hall–Kier alpha value is -1.88. The minimum Gasteiger partial charge on any atom is -0.353 e. The predicted octanol–water partition coefficient (Wildman–Crippen LogP) is 1.96. The van der Waals surface area contributed by atoms with Crippen LogP contribution in [0.3, 0.4) is 0 Å². The molecule has 0 aliphatic rings. The lowest BCUT2D eigenvalue weighted by atomic mass is 9.96. The molecule has 0 fully saturated rings. The molecule has 5 nitrogen and oxygen atoms in total. The third kappa shape index (κ3) is 7.28. The maximum Gasteiger partial charge on any atom is 0.234 e. The normalized spacial score (nSPS) is 12.5. The molecule has 1 unspecified atom stereocenters. The van der Waals surface area contributed by atoms with Crippen LogP contribution in [0.2, 0.25) is 0 Å². The van der Waals surface area contributed by atoms with E-state index in [1.54, 1.807) is 11.9 Å². The van der Waals surface area contributed by atoms with E-state index in [1.807, 2.05) is 44.2 Å². The van der Waals surface area contributed by atoms with Gasteiger partial charge in [0, 0.05) is 6.04 Å². The third-order valence-electron chi connectivity index (χ3n) is 3.42. The van der Waals surface area contributed by atoms with Crippen LogP contribution in [-0.4, -0.2) is 42.9 Å². The van der Waals surface area contributed by atoms with Crippen LogP contribution in [0.25, 0.3) is 0 Å². The van der Waals surface area contributed by atoms with Crippen molar-refractivity contribution in [1.29, 1.82) is 0 Å². The van der Waals surface area contributed by atoms with Crippen molar-refractivity contribution in [2.45, 2.75) is 39.8 Å². The Bertz CT molecular complexity index is 500. The highest BCUT2D eigenvalue weighted by Gasteiger charge is 2.19. The summed E-state index contributed by atoms with van der Waals surface area (Å²) in [5.74, 6) is 0.141. The van der Waals surface area contributed by atoms with Gasteiger partial charge in [-0.3, -0.25) is 14.5 Å². The molecule has 0 saturated carbocycles. The molecule has 5 heteroatoms. The van der Waals surface area contributed by atoms with Crippen LogP contribution in [0.1, 0.15) is 39.3 Å². The summed E-state index contributed by atoms with van der Waals surface area (Å²) in [5, 5.41) is 5.88. The number of likely N-dealkylation sites (N-methyl/N-ethyl adjacent to an activating group) is 1. The summed E-state index contributed by atoms with van der Waals surface area (Å²) in [6.45, 7) is 8.40. The summed E-state index contributed by atoms with van der Waals surface area (Å²) in [7, 11) is 1.77. The van der Waals surface area contributed by atoms with Gasteiger partial charge in [-0.05, 0) is 32.4 Å². The second-order valence-corrected chi connectivity index (χ2v) is 6.59. The second kappa shape index (κ2) is 9.30. The van der Waals surface area contributed by atoms with E-state index in [0.29, 0.717) is 0 Å². The third-order valence-corrected chi connectivity index (χ3v) is 3.42. The van der Waals surface area contributed by atoms with Crippen molar-refractivity contribution in [3.05, 3.63) is 35.9 Å². The van der Waals surface area contributed by atoms with E-state index in [9.17, 15) is 9.59 Å². The van der Waals surface area contributed by atoms with E-state index >= 15 is 0 Å². The number of hydrogen-bond donors (Lipinski definition) is 2. The molecule has 0 radical (unpaired) electrons. The van der Waals surface area contributed by atoms with E-state index in [2.05, 4.69) is 24.5 Å². The van der Waals surface area contributed by atoms with Crippen LogP contribution >= 0.6 is 0 Å². The molecule has 128 valence electrons. The van der Waals surface area contributed by atoms with Gasteiger partial charge in [-0.2, -0.15) is 0 Å². The topological polar surface area (TPSA) is 61.4 Å². The molecule has 0 saturated heterocycles. The maximum atomic E-state index is 12.3. The molecule has 1 aromatic rings. The molecule has 2 N–H and O–H groups in total. The van der Waals surface area contributed by atoms with E-state index in [1.165, 1.54) is 0 Å². The predicted molar refractivity (Wildman–Crippen MR) is 92.9 cm³/mol. The highest BCUT2D eigenvalue weighted by atomic mass is 16.2. The monoisotopic (exact) mass is 319 g/mol. The van der Waals surface area contributed by atoms with Gasteiger partial charge in [0.15, 0.2) is 0 Å². The number of amides is 2. The first-order chi connectivity index (χ1) is 10.8. The van der Waals surface area contributed by atoms with Gasteiger partial charge in [-0.25, -0.2) is 0 Å². The van der Waals surface area contributed by atoms with Crippen molar-refractivity contribution in [2.75, 3.05) is 20.1 Å². The fourth-order valence-electron chi connectivity index (χ4n) is 2.43. The van der Waals surface area contributed by atoms with Gasteiger partial charge in [0.25, 0.3) is 0 Å². The van der Waals surface area contributed by atoms with Gasteiger partial charge in [0.2, 0.25) is 11.8 Å². The minimum atomic E-state index is -0.0765. The van der Waals surface area contributed by atoms with Crippen LogP contribution in [-0.2, 0) is 9.59 Å². The summed E-state index contributed by atoms with van der Waals surface area (Å²) in [5.41, 5.74) is 1.09. The van der Waals surface area contributed by atoms with Crippen molar-refractivity contribution < 1.29 is 9.59 Å². The molecule has 23 heavy (non-hydrogen) atoms. The number of rotatable bonds is 8. The van der Waals surface area contributed by atoms with Crippen LogP contribution < -0.4 is 10.6 Å². The SMILES string of the molecule is CC(C)NC(=O)CN(C)CC(=O)NC(c1ccccc1)C(C)C. The van der Waals surface area contributed by atoms with Gasteiger partial charge < -0.3 is 10.6 Å². The van der Waals surface area contributed by atoms with E-state index in [-0.39, 0.29) is 42.9 Å². The molecule has 0 bridgehead atoms. The first-order valence-electron chi connectivity index (χ1n) is 8.11. The molecule has 1 aromatic carbocycles. The fraction of sp³-hybridized carbons (Fsp3) is 0.556. The largest absolute Gasteiger partial charge is 0.353 e. The van der Waals surface area contributed by atoms with Crippen molar-refractivity contribution in [2.24, 2.45) is 5.92 Å². The first kappa shape index (κ1) is 19.2. The number of carbonyl (C=O) groups is 2.